The third-order valence-corrected chi connectivity index (χ3v) is 5.14. The number of benzene rings is 1. The van der Waals surface area contributed by atoms with Crippen molar-refractivity contribution in [2.24, 2.45) is 5.92 Å². The van der Waals surface area contributed by atoms with Crippen LogP contribution in [0.1, 0.15) is 44.0 Å². The summed E-state index contributed by atoms with van der Waals surface area (Å²) in [6, 6.07) is 4.91. The molecule has 9 heteroatoms. The number of amides is 3. The highest BCUT2D eigenvalue weighted by Gasteiger charge is 2.27. The van der Waals surface area contributed by atoms with Gasteiger partial charge in [0, 0.05) is 32.2 Å². The second-order valence-corrected chi connectivity index (χ2v) is 8.96. The molecule has 0 aliphatic carbocycles. The molecule has 3 rings (SSSR count). The molecule has 2 aliphatic rings. The fourth-order valence-electron chi connectivity index (χ4n) is 3.65. The van der Waals surface area contributed by atoms with E-state index >= 15 is 0 Å². The Morgan fingerprint density at radius 1 is 1.23 bits per heavy atom. The lowest BCUT2D eigenvalue weighted by Gasteiger charge is -2.35. The smallest absolute Gasteiger partial charge is 0.410 e. The normalized spacial score (nSPS) is 17.8. The largest absolute Gasteiger partial charge is 0.454 e. The van der Waals surface area contributed by atoms with E-state index in [1.165, 1.54) is 0 Å². The monoisotopic (exact) mass is 433 g/mol. The van der Waals surface area contributed by atoms with Gasteiger partial charge in [0.05, 0.1) is 6.54 Å². The summed E-state index contributed by atoms with van der Waals surface area (Å²) in [6.07, 6.45) is 1.42. The van der Waals surface area contributed by atoms with Crippen LogP contribution in [0.5, 0.6) is 11.5 Å². The van der Waals surface area contributed by atoms with Gasteiger partial charge in [0.15, 0.2) is 11.5 Å². The van der Waals surface area contributed by atoms with E-state index in [0.717, 1.165) is 12.8 Å². The lowest BCUT2D eigenvalue weighted by molar-refractivity contribution is -0.132. The highest BCUT2D eigenvalue weighted by Crippen LogP contribution is 2.32. The zero-order valence-corrected chi connectivity index (χ0v) is 18.6. The number of nitrogens with zero attached hydrogens (tertiary/aromatic N) is 2. The van der Waals surface area contributed by atoms with Crippen molar-refractivity contribution in [3.05, 3.63) is 23.8 Å². The highest BCUT2D eigenvalue weighted by atomic mass is 16.7. The molecule has 1 fully saturated rings. The molecule has 1 aromatic carbocycles. The standard InChI is InChI=1S/C22H31N3O6/c1-22(2,3)31-21(28)24(4)12-15-6-5-9-25(13-15)19(26)11-23-20(27)16-7-8-17-18(10-16)30-14-29-17/h7-8,10,15H,5-6,9,11-14H2,1-4H3,(H,23,27). The van der Waals surface area contributed by atoms with E-state index in [9.17, 15) is 14.4 Å². The molecule has 2 heterocycles. The molecule has 1 N–H and O–H groups in total. The fraction of sp³-hybridized carbons (Fsp3) is 0.591. The van der Waals surface area contributed by atoms with Crippen LogP contribution in [0.15, 0.2) is 18.2 Å². The number of carbonyl (C=O) groups excluding carboxylic acids is 3. The van der Waals surface area contributed by atoms with Crippen LogP contribution in [-0.4, -0.2) is 73.3 Å². The van der Waals surface area contributed by atoms with Crippen molar-refractivity contribution in [1.29, 1.82) is 0 Å². The quantitative estimate of drug-likeness (QED) is 0.765. The second-order valence-electron chi connectivity index (χ2n) is 8.96. The van der Waals surface area contributed by atoms with Gasteiger partial charge in [0.1, 0.15) is 5.60 Å². The number of hydrogen-bond donors (Lipinski definition) is 1. The first-order valence-corrected chi connectivity index (χ1v) is 10.5. The van der Waals surface area contributed by atoms with Crippen LogP contribution in [0, 0.1) is 5.92 Å². The van der Waals surface area contributed by atoms with Crippen molar-refractivity contribution >= 4 is 17.9 Å². The van der Waals surface area contributed by atoms with Crippen LogP contribution >= 0.6 is 0 Å². The van der Waals surface area contributed by atoms with Crippen molar-refractivity contribution in [3.63, 3.8) is 0 Å². The molecule has 1 aromatic rings. The number of likely N-dealkylation sites (tertiary alicyclic amines) is 1. The Morgan fingerprint density at radius 2 is 1.97 bits per heavy atom. The van der Waals surface area contributed by atoms with Crippen LogP contribution in [0.4, 0.5) is 4.79 Å². The number of rotatable bonds is 5. The predicted molar refractivity (Wildman–Crippen MR) is 113 cm³/mol. The summed E-state index contributed by atoms with van der Waals surface area (Å²) in [7, 11) is 1.71. The molecule has 170 valence electrons. The Bertz CT molecular complexity index is 835. The van der Waals surface area contributed by atoms with Crippen molar-refractivity contribution in [3.8, 4) is 11.5 Å². The average Bonchev–Trinajstić information content (AvgIpc) is 3.18. The zero-order valence-electron chi connectivity index (χ0n) is 18.6. The summed E-state index contributed by atoms with van der Waals surface area (Å²) in [6.45, 7) is 7.26. The van der Waals surface area contributed by atoms with Crippen molar-refractivity contribution < 1.29 is 28.6 Å². The molecule has 1 saturated heterocycles. The van der Waals surface area contributed by atoms with Crippen molar-refractivity contribution in [2.75, 3.05) is 40.0 Å². The molecule has 2 aliphatic heterocycles. The van der Waals surface area contributed by atoms with Crippen molar-refractivity contribution in [2.45, 2.75) is 39.2 Å². The average molecular weight is 434 g/mol. The second kappa shape index (κ2) is 9.45. The Labute approximate surface area is 182 Å². The molecule has 0 spiro atoms. The van der Waals surface area contributed by atoms with Gasteiger partial charge in [-0.25, -0.2) is 4.79 Å². The molecule has 0 radical (unpaired) electrons. The van der Waals surface area contributed by atoms with E-state index in [-0.39, 0.29) is 37.2 Å². The van der Waals surface area contributed by atoms with Gasteiger partial charge in [-0.1, -0.05) is 0 Å². The zero-order chi connectivity index (χ0) is 22.6. The van der Waals surface area contributed by atoms with E-state index in [1.54, 1.807) is 35.0 Å². The summed E-state index contributed by atoms with van der Waals surface area (Å²) < 4.78 is 15.9. The number of nitrogens with one attached hydrogen (secondary N) is 1. The first-order valence-electron chi connectivity index (χ1n) is 10.5. The summed E-state index contributed by atoms with van der Waals surface area (Å²) in [4.78, 5) is 40.5. The molecule has 1 unspecified atom stereocenters. The van der Waals surface area contributed by atoms with Gasteiger partial charge in [-0.05, 0) is 57.7 Å². The van der Waals surface area contributed by atoms with E-state index in [0.29, 0.717) is 36.7 Å². The van der Waals surface area contributed by atoms with E-state index < -0.39 is 5.60 Å². The van der Waals surface area contributed by atoms with Crippen molar-refractivity contribution in [1.82, 2.24) is 15.1 Å². The number of hydrogen-bond acceptors (Lipinski definition) is 6. The molecule has 1 atom stereocenters. The fourth-order valence-corrected chi connectivity index (χ4v) is 3.65. The van der Waals surface area contributed by atoms with Crippen LogP contribution in [0.25, 0.3) is 0 Å². The Balaban J connectivity index is 1.47. The lowest BCUT2D eigenvalue weighted by atomic mass is 9.97. The first kappa shape index (κ1) is 22.7. The van der Waals surface area contributed by atoms with Gasteiger partial charge in [-0.3, -0.25) is 9.59 Å². The summed E-state index contributed by atoms with van der Waals surface area (Å²) in [5, 5.41) is 2.68. The minimum absolute atomic E-state index is 0.0814. The van der Waals surface area contributed by atoms with Gasteiger partial charge in [-0.2, -0.15) is 0 Å². The molecule has 31 heavy (non-hydrogen) atoms. The van der Waals surface area contributed by atoms with Crippen LogP contribution in [-0.2, 0) is 9.53 Å². The van der Waals surface area contributed by atoms with Gasteiger partial charge >= 0.3 is 6.09 Å². The topological polar surface area (TPSA) is 97.4 Å². The van der Waals surface area contributed by atoms with E-state index in [4.69, 9.17) is 14.2 Å². The molecular weight excluding hydrogens is 402 g/mol. The lowest BCUT2D eigenvalue weighted by Crippen LogP contribution is -2.47. The predicted octanol–water partition coefficient (Wildman–Crippen LogP) is 2.25. The van der Waals surface area contributed by atoms with Crippen LogP contribution < -0.4 is 14.8 Å². The number of fused-ring (bicyclic) bond motifs is 1. The van der Waals surface area contributed by atoms with Crippen LogP contribution in [0.2, 0.25) is 0 Å². The minimum Gasteiger partial charge on any atom is -0.454 e. The maximum absolute atomic E-state index is 12.6. The summed E-state index contributed by atoms with van der Waals surface area (Å²) in [5.74, 6) is 0.804. The summed E-state index contributed by atoms with van der Waals surface area (Å²) >= 11 is 0. The molecule has 0 bridgehead atoms. The van der Waals surface area contributed by atoms with Gasteiger partial charge in [-0.15, -0.1) is 0 Å². The third-order valence-electron chi connectivity index (χ3n) is 5.14. The molecule has 3 amide bonds. The van der Waals surface area contributed by atoms with E-state index in [1.807, 2.05) is 20.8 Å². The Hall–Kier alpha value is -2.97. The Kier molecular flexibility index (Phi) is 6.92. The first-order chi connectivity index (χ1) is 14.6. The molecule has 9 nitrogen and oxygen atoms in total. The molecular formula is C22H31N3O6. The Morgan fingerprint density at radius 3 is 2.71 bits per heavy atom. The summed E-state index contributed by atoms with van der Waals surface area (Å²) in [5.41, 5.74) is -0.136. The highest BCUT2D eigenvalue weighted by molar-refractivity contribution is 5.97. The minimum atomic E-state index is -0.546. The SMILES string of the molecule is CN(CC1CCCN(C(=O)CNC(=O)c2ccc3c(c2)OCO3)C1)C(=O)OC(C)(C)C. The number of carbonyl (C=O) groups is 3. The third kappa shape index (κ3) is 6.26. The maximum Gasteiger partial charge on any atom is 0.410 e. The van der Waals surface area contributed by atoms with Gasteiger partial charge in [0.25, 0.3) is 5.91 Å². The molecule has 0 aromatic heterocycles. The van der Waals surface area contributed by atoms with Gasteiger partial charge < -0.3 is 29.3 Å². The van der Waals surface area contributed by atoms with Crippen LogP contribution in [0.3, 0.4) is 0 Å². The number of piperidine rings is 1. The maximum atomic E-state index is 12.6. The number of ether oxygens (including phenoxy) is 3. The van der Waals surface area contributed by atoms with Gasteiger partial charge in [0.2, 0.25) is 12.7 Å². The van der Waals surface area contributed by atoms with E-state index in [2.05, 4.69) is 5.32 Å². The molecule has 0 saturated carbocycles.